The van der Waals surface area contributed by atoms with Gasteiger partial charge in [0.05, 0.1) is 0 Å². The van der Waals surface area contributed by atoms with Crippen LogP contribution in [0.25, 0.3) is 0 Å². The van der Waals surface area contributed by atoms with Crippen molar-refractivity contribution in [3.05, 3.63) is 12.2 Å². The number of nitrogens with one attached hydrogen (secondary N) is 1. The SMILES string of the molecule is c1nnc(CCNC2CCCC2)n1C1CC1. The zero-order valence-electron chi connectivity index (χ0n) is 9.73. The first kappa shape index (κ1) is 10.3. The maximum atomic E-state index is 4.21. The zero-order chi connectivity index (χ0) is 10.8. The highest BCUT2D eigenvalue weighted by Gasteiger charge is 2.25. The molecule has 2 saturated carbocycles. The molecule has 0 radical (unpaired) electrons. The summed E-state index contributed by atoms with van der Waals surface area (Å²) in [7, 11) is 0. The van der Waals surface area contributed by atoms with E-state index in [9.17, 15) is 0 Å². The van der Waals surface area contributed by atoms with E-state index in [1.807, 2.05) is 6.33 Å². The largest absolute Gasteiger partial charge is 0.314 e. The van der Waals surface area contributed by atoms with Crippen molar-refractivity contribution in [3.63, 3.8) is 0 Å². The van der Waals surface area contributed by atoms with E-state index in [4.69, 9.17) is 0 Å². The van der Waals surface area contributed by atoms with Gasteiger partial charge >= 0.3 is 0 Å². The molecule has 1 N–H and O–H groups in total. The molecule has 16 heavy (non-hydrogen) atoms. The quantitative estimate of drug-likeness (QED) is 0.821. The first-order chi connectivity index (χ1) is 7.93. The molecule has 4 nitrogen and oxygen atoms in total. The summed E-state index contributed by atoms with van der Waals surface area (Å²) in [5.74, 6) is 1.16. The average Bonchev–Trinajstić information content (AvgIpc) is 2.82. The van der Waals surface area contributed by atoms with Gasteiger partial charge in [-0.15, -0.1) is 10.2 Å². The maximum absolute atomic E-state index is 4.21. The molecule has 2 fully saturated rings. The Hall–Kier alpha value is -0.900. The van der Waals surface area contributed by atoms with E-state index in [1.165, 1.54) is 38.5 Å². The van der Waals surface area contributed by atoms with E-state index in [-0.39, 0.29) is 0 Å². The summed E-state index contributed by atoms with van der Waals surface area (Å²) in [5.41, 5.74) is 0. The van der Waals surface area contributed by atoms with Gasteiger partial charge in [0.15, 0.2) is 0 Å². The number of aromatic nitrogens is 3. The van der Waals surface area contributed by atoms with E-state index in [1.54, 1.807) is 0 Å². The fourth-order valence-electron chi connectivity index (χ4n) is 2.62. The van der Waals surface area contributed by atoms with Crippen molar-refractivity contribution in [2.24, 2.45) is 0 Å². The van der Waals surface area contributed by atoms with Crippen LogP contribution in [0.4, 0.5) is 0 Å². The zero-order valence-corrected chi connectivity index (χ0v) is 9.73. The highest BCUT2D eigenvalue weighted by atomic mass is 15.3. The van der Waals surface area contributed by atoms with Gasteiger partial charge in [0.2, 0.25) is 0 Å². The molecular formula is C12H20N4. The van der Waals surface area contributed by atoms with Crippen LogP contribution < -0.4 is 5.32 Å². The fraction of sp³-hybridized carbons (Fsp3) is 0.833. The molecule has 2 aliphatic rings. The molecule has 0 saturated heterocycles. The second-order valence-electron chi connectivity index (χ2n) is 5.07. The normalized spacial score (nSPS) is 21.8. The summed E-state index contributed by atoms with van der Waals surface area (Å²) in [4.78, 5) is 0. The molecule has 0 unspecified atom stereocenters. The standard InChI is InChI=1S/C12H20N4/c1-2-4-10(3-1)13-8-7-12-15-14-9-16(12)11-5-6-11/h9-11,13H,1-8H2. The third-order valence-electron chi connectivity index (χ3n) is 3.72. The molecule has 0 amide bonds. The highest BCUT2D eigenvalue weighted by molar-refractivity contribution is 4.95. The topological polar surface area (TPSA) is 42.7 Å². The Morgan fingerprint density at radius 2 is 2.06 bits per heavy atom. The second kappa shape index (κ2) is 4.53. The molecule has 1 aromatic rings. The number of hydrogen-bond donors (Lipinski definition) is 1. The molecule has 3 rings (SSSR count). The number of nitrogens with zero attached hydrogens (tertiary/aromatic N) is 3. The molecule has 2 aliphatic carbocycles. The van der Waals surface area contributed by atoms with E-state index in [0.29, 0.717) is 6.04 Å². The van der Waals surface area contributed by atoms with Crippen molar-refractivity contribution in [1.82, 2.24) is 20.1 Å². The van der Waals surface area contributed by atoms with E-state index in [0.717, 1.165) is 24.8 Å². The van der Waals surface area contributed by atoms with Crippen molar-refractivity contribution >= 4 is 0 Å². The molecule has 4 heteroatoms. The lowest BCUT2D eigenvalue weighted by atomic mass is 10.2. The first-order valence-electron chi connectivity index (χ1n) is 6.55. The van der Waals surface area contributed by atoms with Gasteiger partial charge in [0.25, 0.3) is 0 Å². The van der Waals surface area contributed by atoms with E-state index >= 15 is 0 Å². The van der Waals surface area contributed by atoms with Crippen LogP contribution in [0, 0.1) is 0 Å². The Morgan fingerprint density at radius 3 is 2.81 bits per heavy atom. The van der Waals surface area contributed by atoms with Crippen molar-refractivity contribution < 1.29 is 0 Å². The summed E-state index contributed by atoms with van der Waals surface area (Å²) in [6.07, 6.45) is 11.0. The molecule has 0 bridgehead atoms. The van der Waals surface area contributed by atoms with Gasteiger partial charge in [-0.3, -0.25) is 0 Å². The lowest BCUT2D eigenvalue weighted by Gasteiger charge is -2.11. The van der Waals surface area contributed by atoms with Crippen LogP contribution in [-0.4, -0.2) is 27.4 Å². The fourth-order valence-corrected chi connectivity index (χ4v) is 2.62. The molecule has 0 aliphatic heterocycles. The van der Waals surface area contributed by atoms with Crippen LogP contribution in [-0.2, 0) is 6.42 Å². The Morgan fingerprint density at radius 1 is 1.25 bits per heavy atom. The van der Waals surface area contributed by atoms with Crippen LogP contribution in [0.15, 0.2) is 6.33 Å². The first-order valence-corrected chi connectivity index (χ1v) is 6.55. The predicted molar refractivity (Wildman–Crippen MR) is 62.3 cm³/mol. The summed E-state index contributed by atoms with van der Waals surface area (Å²) >= 11 is 0. The lowest BCUT2D eigenvalue weighted by molar-refractivity contribution is 0.517. The third-order valence-corrected chi connectivity index (χ3v) is 3.72. The summed E-state index contributed by atoms with van der Waals surface area (Å²) in [5, 5.41) is 11.9. The van der Waals surface area contributed by atoms with Gasteiger partial charge < -0.3 is 9.88 Å². The lowest BCUT2D eigenvalue weighted by Crippen LogP contribution is -2.28. The Balaban J connectivity index is 1.48. The molecule has 1 aromatic heterocycles. The Kier molecular flexibility index (Phi) is 2.91. The second-order valence-corrected chi connectivity index (χ2v) is 5.07. The van der Waals surface area contributed by atoms with Crippen LogP contribution in [0.1, 0.15) is 50.4 Å². The van der Waals surface area contributed by atoms with Crippen LogP contribution in [0.5, 0.6) is 0 Å². The van der Waals surface area contributed by atoms with Crippen molar-refractivity contribution in [2.75, 3.05) is 6.54 Å². The van der Waals surface area contributed by atoms with Crippen molar-refractivity contribution in [2.45, 2.75) is 57.0 Å². The monoisotopic (exact) mass is 220 g/mol. The maximum Gasteiger partial charge on any atom is 0.134 e. The minimum Gasteiger partial charge on any atom is -0.314 e. The minimum absolute atomic E-state index is 0.705. The Bertz CT molecular complexity index is 337. The van der Waals surface area contributed by atoms with Crippen LogP contribution in [0.2, 0.25) is 0 Å². The van der Waals surface area contributed by atoms with Crippen molar-refractivity contribution in [1.29, 1.82) is 0 Å². The molecular weight excluding hydrogens is 200 g/mol. The van der Waals surface area contributed by atoms with Gasteiger partial charge in [0, 0.05) is 25.0 Å². The van der Waals surface area contributed by atoms with Gasteiger partial charge in [-0.1, -0.05) is 12.8 Å². The van der Waals surface area contributed by atoms with Crippen LogP contribution >= 0.6 is 0 Å². The molecule has 1 heterocycles. The molecule has 0 atom stereocenters. The summed E-state index contributed by atoms with van der Waals surface area (Å²) < 4.78 is 2.26. The van der Waals surface area contributed by atoms with Gasteiger partial charge in [0.1, 0.15) is 12.2 Å². The minimum atomic E-state index is 0.705. The highest BCUT2D eigenvalue weighted by Crippen LogP contribution is 2.35. The summed E-state index contributed by atoms with van der Waals surface area (Å²) in [6, 6.07) is 1.47. The van der Waals surface area contributed by atoms with Crippen LogP contribution in [0.3, 0.4) is 0 Å². The molecule has 88 valence electrons. The molecule has 0 spiro atoms. The Labute approximate surface area is 96.4 Å². The summed E-state index contributed by atoms with van der Waals surface area (Å²) in [6.45, 7) is 1.05. The molecule has 0 aromatic carbocycles. The predicted octanol–water partition coefficient (Wildman–Crippen LogP) is 1.69. The van der Waals surface area contributed by atoms with Gasteiger partial charge in [-0.2, -0.15) is 0 Å². The number of rotatable bonds is 5. The average molecular weight is 220 g/mol. The van der Waals surface area contributed by atoms with E-state index in [2.05, 4.69) is 20.1 Å². The number of hydrogen-bond acceptors (Lipinski definition) is 3. The van der Waals surface area contributed by atoms with E-state index < -0.39 is 0 Å². The smallest absolute Gasteiger partial charge is 0.134 e. The van der Waals surface area contributed by atoms with Gasteiger partial charge in [-0.25, -0.2) is 0 Å². The van der Waals surface area contributed by atoms with Gasteiger partial charge in [-0.05, 0) is 25.7 Å². The van der Waals surface area contributed by atoms with Crippen molar-refractivity contribution in [3.8, 4) is 0 Å². The third kappa shape index (κ3) is 2.26.